The molecule has 0 bridgehead atoms. The van der Waals surface area contributed by atoms with Crippen molar-refractivity contribution in [3.63, 3.8) is 0 Å². The molecule has 1 rings (SSSR count). The molecule has 0 saturated heterocycles. The van der Waals surface area contributed by atoms with E-state index in [1.807, 2.05) is 6.92 Å². The van der Waals surface area contributed by atoms with Gasteiger partial charge in [-0.1, -0.05) is 6.07 Å². The summed E-state index contributed by atoms with van der Waals surface area (Å²) in [6.07, 6.45) is 1.15. The molecule has 26 heavy (non-hydrogen) atoms. The van der Waals surface area contributed by atoms with Gasteiger partial charge < -0.3 is 15.4 Å². The Kier molecular flexibility index (Phi) is 11.9. The first-order valence-corrected chi connectivity index (χ1v) is 10.0. The standard InChI is InChI=1S/C16H25F2N3O3S.HI/c1-4-19-16(20-7-8-24-9-10-25(3,22)23)21-12(2)14-6-5-13(17)11-15(14)18;/h5-6,11-12H,4,7-10H2,1-3H3,(H2,19,20,21);1H. The van der Waals surface area contributed by atoms with Crippen LogP contribution in [0.1, 0.15) is 25.5 Å². The summed E-state index contributed by atoms with van der Waals surface area (Å²) >= 11 is 0. The van der Waals surface area contributed by atoms with Gasteiger partial charge in [0.1, 0.15) is 21.5 Å². The summed E-state index contributed by atoms with van der Waals surface area (Å²) in [5.74, 6) is -0.818. The number of guanidine groups is 1. The number of ether oxygens (including phenoxy) is 1. The second-order valence-corrected chi connectivity index (χ2v) is 7.79. The number of nitrogens with zero attached hydrogens (tertiary/aromatic N) is 1. The van der Waals surface area contributed by atoms with E-state index in [1.165, 1.54) is 12.1 Å². The van der Waals surface area contributed by atoms with Crippen molar-refractivity contribution in [2.45, 2.75) is 19.9 Å². The normalized spacial score (nSPS) is 13.0. The van der Waals surface area contributed by atoms with E-state index in [4.69, 9.17) is 4.74 Å². The van der Waals surface area contributed by atoms with Gasteiger partial charge in [0.2, 0.25) is 0 Å². The highest BCUT2D eigenvalue weighted by molar-refractivity contribution is 14.0. The van der Waals surface area contributed by atoms with E-state index in [2.05, 4.69) is 15.6 Å². The fourth-order valence-corrected chi connectivity index (χ4v) is 2.41. The van der Waals surface area contributed by atoms with Gasteiger partial charge >= 0.3 is 0 Å². The number of nitrogens with one attached hydrogen (secondary N) is 2. The van der Waals surface area contributed by atoms with Crippen LogP contribution in [0.3, 0.4) is 0 Å². The van der Waals surface area contributed by atoms with Crippen molar-refractivity contribution in [3.8, 4) is 0 Å². The molecule has 0 fully saturated rings. The number of sulfone groups is 1. The van der Waals surface area contributed by atoms with Gasteiger partial charge in [-0.3, -0.25) is 4.99 Å². The minimum Gasteiger partial charge on any atom is -0.378 e. The fourth-order valence-electron chi connectivity index (χ4n) is 1.99. The first kappa shape index (κ1) is 25.0. The molecular weight excluding hydrogens is 479 g/mol. The summed E-state index contributed by atoms with van der Waals surface area (Å²) in [6, 6.07) is 3.02. The molecule has 0 aromatic heterocycles. The topological polar surface area (TPSA) is 79.8 Å². The minimum atomic E-state index is -3.04. The highest BCUT2D eigenvalue weighted by Crippen LogP contribution is 2.17. The molecule has 0 amide bonds. The molecule has 6 nitrogen and oxygen atoms in total. The number of benzene rings is 1. The van der Waals surface area contributed by atoms with Gasteiger partial charge in [0, 0.05) is 24.4 Å². The first-order valence-electron chi connectivity index (χ1n) is 7.98. The lowest BCUT2D eigenvalue weighted by molar-refractivity contribution is 0.157. The summed E-state index contributed by atoms with van der Waals surface area (Å²) < 4.78 is 54.0. The molecule has 0 radical (unpaired) electrons. The Hall–Kier alpha value is -1.01. The zero-order chi connectivity index (χ0) is 18.9. The molecule has 0 spiro atoms. The molecule has 150 valence electrons. The van der Waals surface area contributed by atoms with Gasteiger partial charge in [0.25, 0.3) is 0 Å². The SMILES string of the molecule is CCNC(=NCCOCCS(C)(=O)=O)NC(C)c1ccc(F)cc1F.I. The predicted octanol–water partition coefficient (Wildman–Crippen LogP) is 2.26. The molecule has 1 aromatic rings. The summed E-state index contributed by atoms with van der Waals surface area (Å²) in [4.78, 5) is 4.28. The van der Waals surface area contributed by atoms with Gasteiger partial charge in [-0.15, -0.1) is 24.0 Å². The zero-order valence-electron chi connectivity index (χ0n) is 15.1. The summed E-state index contributed by atoms with van der Waals surface area (Å²) in [5.41, 5.74) is 0.330. The van der Waals surface area contributed by atoms with Gasteiger partial charge in [-0.25, -0.2) is 17.2 Å². The number of hydrogen-bond acceptors (Lipinski definition) is 4. The van der Waals surface area contributed by atoms with E-state index < -0.39 is 27.5 Å². The van der Waals surface area contributed by atoms with E-state index in [-0.39, 0.29) is 42.9 Å². The average molecular weight is 505 g/mol. The summed E-state index contributed by atoms with van der Waals surface area (Å²) in [6.45, 7) is 4.95. The van der Waals surface area contributed by atoms with Crippen molar-refractivity contribution < 1.29 is 21.9 Å². The largest absolute Gasteiger partial charge is 0.378 e. The second-order valence-electron chi connectivity index (χ2n) is 5.53. The lowest BCUT2D eigenvalue weighted by atomic mass is 10.1. The minimum absolute atomic E-state index is 0. The van der Waals surface area contributed by atoms with Crippen LogP contribution in [-0.2, 0) is 14.6 Å². The molecular formula is C16H26F2IN3O3S. The first-order chi connectivity index (χ1) is 11.7. The quantitative estimate of drug-likeness (QED) is 0.233. The fraction of sp³-hybridized carbons (Fsp3) is 0.562. The van der Waals surface area contributed by atoms with Crippen molar-refractivity contribution in [2.75, 3.05) is 38.3 Å². The molecule has 0 heterocycles. The van der Waals surface area contributed by atoms with Gasteiger partial charge in [-0.2, -0.15) is 0 Å². The maximum atomic E-state index is 13.8. The Bertz CT molecular complexity index is 687. The Morgan fingerprint density at radius 1 is 1.31 bits per heavy atom. The van der Waals surface area contributed by atoms with E-state index in [9.17, 15) is 17.2 Å². The highest BCUT2D eigenvalue weighted by atomic mass is 127. The highest BCUT2D eigenvalue weighted by Gasteiger charge is 2.13. The van der Waals surface area contributed by atoms with Gasteiger partial charge in [0.05, 0.1) is 31.6 Å². The number of aliphatic imine (C=N–C) groups is 1. The van der Waals surface area contributed by atoms with Crippen LogP contribution < -0.4 is 10.6 Å². The van der Waals surface area contributed by atoms with Crippen molar-refractivity contribution in [2.24, 2.45) is 4.99 Å². The zero-order valence-corrected chi connectivity index (χ0v) is 18.2. The maximum absolute atomic E-state index is 13.8. The maximum Gasteiger partial charge on any atom is 0.191 e. The van der Waals surface area contributed by atoms with Crippen LogP contribution in [0.4, 0.5) is 8.78 Å². The number of rotatable bonds is 9. The number of halogens is 3. The Balaban J connectivity index is 0.00000625. The van der Waals surface area contributed by atoms with Crippen molar-refractivity contribution in [1.29, 1.82) is 0 Å². The van der Waals surface area contributed by atoms with E-state index in [1.54, 1.807) is 6.92 Å². The van der Waals surface area contributed by atoms with Gasteiger partial charge in [0.15, 0.2) is 5.96 Å². The molecule has 0 aliphatic heterocycles. The third-order valence-electron chi connectivity index (χ3n) is 3.23. The van der Waals surface area contributed by atoms with E-state index in [0.717, 1.165) is 12.3 Å². The lowest BCUT2D eigenvalue weighted by Gasteiger charge is -2.18. The van der Waals surface area contributed by atoms with Gasteiger partial charge in [-0.05, 0) is 19.9 Å². The third kappa shape index (κ3) is 10.2. The monoisotopic (exact) mass is 505 g/mol. The van der Waals surface area contributed by atoms with Crippen LogP contribution in [0.2, 0.25) is 0 Å². The molecule has 1 atom stereocenters. The van der Waals surface area contributed by atoms with Crippen LogP contribution in [-0.4, -0.2) is 52.7 Å². The smallest absolute Gasteiger partial charge is 0.191 e. The molecule has 0 aliphatic carbocycles. The van der Waals surface area contributed by atoms with Crippen LogP contribution >= 0.6 is 24.0 Å². The van der Waals surface area contributed by atoms with Crippen molar-refractivity contribution in [3.05, 3.63) is 35.4 Å². The van der Waals surface area contributed by atoms with Crippen LogP contribution in [0.5, 0.6) is 0 Å². The Labute approximate surface area is 170 Å². The molecule has 2 N–H and O–H groups in total. The predicted molar refractivity (Wildman–Crippen MR) is 110 cm³/mol. The summed E-state index contributed by atoms with van der Waals surface area (Å²) in [5, 5.41) is 6.05. The molecule has 1 unspecified atom stereocenters. The van der Waals surface area contributed by atoms with E-state index in [0.29, 0.717) is 24.6 Å². The lowest BCUT2D eigenvalue weighted by Crippen LogP contribution is -2.39. The summed E-state index contributed by atoms with van der Waals surface area (Å²) in [7, 11) is -3.04. The second kappa shape index (κ2) is 12.4. The Morgan fingerprint density at radius 2 is 2.00 bits per heavy atom. The average Bonchev–Trinajstić information content (AvgIpc) is 2.49. The van der Waals surface area contributed by atoms with Crippen molar-refractivity contribution >= 4 is 39.8 Å². The van der Waals surface area contributed by atoms with Crippen molar-refractivity contribution in [1.82, 2.24) is 10.6 Å². The van der Waals surface area contributed by atoms with Crippen LogP contribution in [0.15, 0.2) is 23.2 Å². The Morgan fingerprint density at radius 3 is 2.58 bits per heavy atom. The molecule has 0 aliphatic rings. The molecule has 0 saturated carbocycles. The van der Waals surface area contributed by atoms with Crippen LogP contribution in [0, 0.1) is 11.6 Å². The molecule has 1 aromatic carbocycles. The van der Waals surface area contributed by atoms with E-state index >= 15 is 0 Å². The molecule has 10 heteroatoms. The number of hydrogen-bond donors (Lipinski definition) is 2. The van der Waals surface area contributed by atoms with Crippen LogP contribution in [0.25, 0.3) is 0 Å². The third-order valence-corrected chi connectivity index (χ3v) is 4.14.